The fraction of sp³-hybridized carbons (Fsp3) is 0.320. The lowest BCUT2D eigenvalue weighted by Gasteiger charge is -2.17. The predicted molar refractivity (Wildman–Crippen MR) is 118 cm³/mol. The zero-order valence-corrected chi connectivity index (χ0v) is 18.0. The van der Waals surface area contributed by atoms with Crippen LogP contribution in [0.15, 0.2) is 59.3 Å². The molecule has 0 radical (unpaired) electrons. The molecule has 162 valence electrons. The van der Waals surface area contributed by atoms with Crippen LogP contribution < -0.4 is 5.32 Å². The molecule has 0 aliphatic heterocycles. The summed E-state index contributed by atoms with van der Waals surface area (Å²) in [5.41, 5.74) is 3.75. The molecule has 1 aliphatic rings. The molecule has 1 saturated carbocycles. The van der Waals surface area contributed by atoms with Crippen molar-refractivity contribution < 1.29 is 18.0 Å². The highest BCUT2D eigenvalue weighted by molar-refractivity contribution is 7.08. The first kappa shape index (κ1) is 21.8. The Labute approximate surface area is 184 Å². The van der Waals surface area contributed by atoms with Crippen molar-refractivity contribution in [1.82, 2.24) is 5.32 Å². The van der Waals surface area contributed by atoms with Crippen LogP contribution in [0.1, 0.15) is 48.1 Å². The zero-order chi connectivity index (χ0) is 22.0. The van der Waals surface area contributed by atoms with E-state index in [4.69, 9.17) is 0 Å². The van der Waals surface area contributed by atoms with Crippen molar-refractivity contribution in [2.75, 3.05) is 0 Å². The molecule has 6 heteroatoms. The van der Waals surface area contributed by atoms with Crippen molar-refractivity contribution in [3.8, 4) is 11.1 Å². The first-order chi connectivity index (χ1) is 14.8. The van der Waals surface area contributed by atoms with E-state index in [2.05, 4.69) is 30.4 Å². The van der Waals surface area contributed by atoms with Crippen LogP contribution in [0.5, 0.6) is 0 Å². The van der Waals surface area contributed by atoms with Crippen molar-refractivity contribution in [1.29, 1.82) is 0 Å². The molecule has 1 fully saturated rings. The fourth-order valence-electron chi connectivity index (χ4n) is 3.79. The number of rotatable bonds is 8. The quantitative estimate of drug-likeness (QED) is 0.425. The minimum absolute atomic E-state index is 0.0207. The zero-order valence-electron chi connectivity index (χ0n) is 17.2. The van der Waals surface area contributed by atoms with Crippen LogP contribution in [0.25, 0.3) is 11.1 Å². The number of halogens is 3. The highest BCUT2D eigenvalue weighted by Crippen LogP contribution is 2.32. The van der Waals surface area contributed by atoms with Gasteiger partial charge in [0.15, 0.2) is 0 Å². The summed E-state index contributed by atoms with van der Waals surface area (Å²) >= 11 is 1.59. The van der Waals surface area contributed by atoms with Crippen molar-refractivity contribution in [3.05, 3.63) is 81.5 Å². The van der Waals surface area contributed by atoms with E-state index in [0.717, 1.165) is 34.4 Å². The van der Waals surface area contributed by atoms with Gasteiger partial charge in [-0.1, -0.05) is 36.4 Å². The molecule has 0 saturated heterocycles. The van der Waals surface area contributed by atoms with Gasteiger partial charge in [-0.3, -0.25) is 4.79 Å². The highest BCUT2D eigenvalue weighted by atomic mass is 32.1. The van der Waals surface area contributed by atoms with Gasteiger partial charge in [-0.05, 0) is 70.5 Å². The normalized spacial score (nSPS) is 15.1. The number of carbonyl (C=O) groups excluding carboxylic acids is 1. The lowest BCUT2D eigenvalue weighted by molar-refractivity contribution is -0.137. The number of benzene rings is 2. The number of alkyl halides is 3. The lowest BCUT2D eigenvalue weighted by Crippen LogP contribution is -2.21. The van der Waals surface area contributed by atoms with E-state index in [1.807, 2.05) is 16.8 Å². The average Bonchev–Trinajstić information content (AvgIpc) is 3.36. The van der Waals surface area contributed by atoms with Gasteiger partial charge >= 0.3 is 6.18 Å². The monoisotopic (exact) mass is 443 g/mol. The molecule has 0 amide bonds. The lowest BCUT2D eigenvalue weighted by atomic mass is 9.92. The molecule has 1 atom stereocenters. The minimum atomic E-state index is -4.41. The molecule has 0 spiro atoms. The molecular weight excluding hydrogens is 419 g/mol. The molecule has 1 heterocycles. The molecule has 1 aliphatic carbocycles. The third-order valence-electron chi connectivity index (χ3n) is 5.57. The van der Waals surface area contributed by atoms with Gasteiger partial charge < -0.3 is 5.32 Å². The smallest absolute Gasteiger partial charge is 0.307 e. The van der Waals surface area contributed by atoms with E-state index in [1.165, 1.54) is 18.9 Å². The first-order valence-electron chi connectivity index (χ1n) is 10.4. The first-order valence-corrected chi connectivity index (χ1v) is 11.3. The maximum absolute atomic E-state index is 13.0. The average molecular weight is 444 g/mol. The van der Waals surface area contributed by atoms with Gasteiger partial charge in [0, 0.05) is 24.9 Å². The summed E-state index contributed by atoms with van der Waals surface area (Å²) in [6.07, 6.45) is -1.86. The standard InChI is InChI=1S/C25H24F3NOS/c1-16(29-22-6-7-22)18-5-8-24(19-9-10-31-15-19)20(13-18)14-23(30)12-17-3-2-4-21(11-17)25(26,27)28/h2-5,8-11,13,15-16,22,29H,6-7,12,14H2,1H3. The van der Waals surface area contributed by atoms with E-state index >= 15 is 0 Å². The molecule has 31 heavy (non-hydrogen) atoms. The number of Topliss-reactive ketones (excluding diaryl/α,β-unsaturated/α-hetero) is 1. The second kappa shape index (κ2) is 8.97. The highest BCUT2D eigenvalue weighted by Gasteiger charge is 2.30. The van der Waals surface area contributed by atoms with Crippen LogP contribution in [0.2, 0.25) is 0 Å². The molecule has 2 nitrogen and oxygen atoms in total. The van der Waals surface area contributed by atoms with Crippen molar-refractivity contribution >= 4 is 17.1 Å². The Hall–Kier alpha value is -2.44. The van der Waals surface area contributed by atoms with Gasteiger partial charge in [0.25, 0.3) is 0 Å². The summed E-state index contributed by atoms with van der Waals surface area (Å²) in [7, 11) is 0. The van der Waals surface area contributed by atoms with Gasteiger partial charge in [-0.25, -0.2) is 0 Å². The Bertz CT molecular complexity index is 1050. The molecular formula is C25H24F3NOS. The molecule has 1 aromatic heterocycles. The van der Waals surface area contributed by atoms with Gasteiger partial charge in [0.05, 0.1) is 5.56 Å². The molecule has 4 rings (SSSR count). The van der Waals surface area contributed by atoms with Gasteiger partial charge in [0.2, 0.25) is 0 Å². The Balaban J connectivity index is 1.56. The molecule has 0 bridgehead atoms. The Morgan fingerprint density at radius 1 is 1.13 bits per heavy atom. The van der Waals surface area contributed by atoms with Crippen LogP contribution >= 0.6 is 11.3 Å². The number of thiophene rings is 1. The van der Waals surface area contributed by atoms with E-state index in [0.29, 0.717) is 11.6 Å². The van der Waals surface area contributed by atoms with Crippen molar-refractivity contribution in [2.24, 2.45) is 0 Å². The summed E-state index contributed by atoms with van der Waals surface area (Å²) < 4.78 is 39.0. The minimum Gasteiger partial charge on any atom is -0.307 e. The van der Waals surface area contributed by atoms with Crippen LogP contribution in [0, 0.1) is 0 Å². The summed E-state index contributed by atoms with van der Waals surface area (Å²) in [4.78, 5) is 12.8. The SMILES string of the molecule is CC(NC1CC1)c1ccc(-c2ccsc2)c(CC(=O)Cc2cccc(C(F)(F)F)c2)c1. The molecule has 1 unspecified atom stereocenters. The third kappa shape index (κ3) is 5.63. The van der Waals surface area contributed by atoms with E-state index in [9.17, 15) is 18.0 Å². The van der Waals surface area contributed by atoms with Gasteiger partial charge in [0.1, 0.15) is 5.78 Å². The summed E-state index contributed by atoms with van der Waals surface area (Å²) in [5.74, 6) is -0.101. The number of hydrogen-bond acceptors (Lipinski definition) is 3. The summed E-state index contributed by atoms with van der Waals surface area (Å²) in [6, 6.07) is 14.0. The Morgan fingerprint density at radius 3 is 2.61 bits per heavy atom. The van der Waals surface area contributed by atoms with Crippen molar-refractivity contribution in [3.63, 3.8) is 0 Å². The molecule has 1 N–H and O–H groups in total. The van der Waals surface area contributed by atoms with Crippen LogP contribution in [0.3, 0.4) is 0 Å². The van der Waals surface area contributed by atoms with E-state index < -0.39 is 11.7 Å². The van der Waals surface area contributed by atoms with Crippen molar-refractivity contribution in [2.45, 2.75) is 50.9 Å². The van der Waals surface area contributed by atoms with Crippen LogP contribution in [-0.2, 0) is 23.8 Å². The predicted octanol–water partition coefficient (Wildman–Crippen LogP) is 6.60. The topological polar surface area (TPSA) is 29.1 Å². The largest absolute Gasteiger partial charge is 0.416 e. The maximum Gasteiger partial charge on any atom is 0.416 e. The number of ketones is 1. The Kier molecular flexibility index (Phi) is 6.30. The second-order valence-corrected chi connectivity index (χ2v) is 8.96. The number of carbonyl (C=O) groups is 1. The van der Waals surface area contributed by atoms with E-state index in [-0.39, 0.29) is 24.7 Å². The van der Waals surface area contributed by atoms with Crippen LogP contribution in [-0.4, -0.2) is 11.8 Å². The molecule has 2 aromatic carbocycles. The fourth-order valence-corrected chi connectivity index (χ4v) is 4.44. The van der Waals surface area contributed by atoms with Crippen LogP contribution in [0.4, 0.5) is 13.2 Å². The summed E-state index contributed by atoms with van der Waals surface area (Å²) in [6.45, 7) is 2.12. The number of hydrogen-bond donors (Lipinski definition) is 1. The Morgan fingerprint density at radius 2 is 1.94 bits per heavy atom. The maximum atomic E-state index is 13.0. The van der Waals surface area contributed by atoms with Gasteiger partial charge in [-0.15, -0.1) is 0 Å². The second-order valence-electron chi connectivity index (χ2n) is 8.18. The molecule has 3 aromatic rings. The van der Waals surface area contributed by atoms with Gasteiger partial charge in [-0.2, -0.15) is 24.5 Å². The summed E-state index contributed by atoms with van der Waals surface area (Å²) in [5, 5.41) is 7.61. The number of nitrogens with one attached hydrogen (secondary N) is 1. The third-order valence-corrected chi connectivity index (χ3v) is 6.25. The van der Waals surface area contributed by atoms with E-state index in [1.54, 1.807) is 17.4 Å².